The first kappa shape index (κ1) is 14.9. The molecule has 1 unspecified atom stereocenters. The van der Waals surface area contributed by atoms with E-state index in [1.165, 1.54) is 6.07 Å². The number of rotatable bonds is 4. The number of hydrogen-bond donors (Lipinski definition) is 1. The lowest BCUT2D eigenvalue weighted by molar-refractivity contribution is 0.424. The fourth-order valence-electron chi connectivity index (χ4n) is 2.62. The zero-order valence-corrected chi connectivity index (χ0v) is 12.1. The van der Waals surface area contributed by atoms with Gasteiger partial charge in [0.05, 0.1) is 10.5 Å². The molecule has 1 fully saturated rings. The monoisotopic (exact) mass is 296 g/mol. The van der Waals surface area contributed by atoms with Crippen LogP contribution in [-0.2, 0) is 10.0 Å². The Labute approximate surface area is 118 Å². The zero-order chi connectivity index (χ0) is 14.8. The number of sulfonamides is 1. The second-order valence-corrected chi connectivity index (χ2v) is 6.92. The number of hydrogen-bond acceptors (Lipinski definition) is 3. The third-order valence-electron chi connectivity index (χ3n) is 3.82. The van der Waals surface area contributed by atoms with Crippen molar-refractivity contribution in [2.75, 3.05) is 0 Å². The van der Waals surface area contributed by atoms with Crippen LogP contribution in [0.5, 0.6) is 0 Å². The van der Waals surface area contributed by atoms with Gasteiger partial charge < -0.3 is 0 Å². The second kappa shape index (κ2) is 5.90. The molecule has 2 rings (SSSR count). The van der Waals surface area contributed by atoms with Gasteiger partial charge in [-0.2, -0.15) is 5.26 Å². The van der Waals surface area contributed by atoms with Gasteiger partial charge in [-0.3, -0.25) is 0 Å². The van der Waals surface area contributed by atoms with Crippen molar-refractivity contribution in [1.29, 1.82) is 5.26 Å². The van der Waals surface area contributed by atoms with Crippen LogP contribution in [0.1, 0.15) is 38.2 Å². The van der Waals surface area contributed by atoms with Crippen LogP contribution in [0.4, 0.5) is 4.39 Å². The summed E-state index contributed by atoms with van der Waals surface area (Å²) in [5.74, 6) is -0.365. The van der Waals surface area contributed by atoms with Crippen LogP contribution in [-0.4, -0.2) is 14.5 Å². The molecule has 0 radical (unpaired) electrons. The topological polar surface area (TPSA) is 70.0 Å². The Kier molecular flexibility index (Phi) is 4.41. The van der Waals surface area contributed by atoms with E-state index in [0.717, 1.165) is 37.8 Å². The third-order valence-corrected chi connectivity index (χ3v) is 5.37. The first-order valence-corrected chi connectivity index (χ1v) is 8.14. The van der Waals surface area contributed by atoms with E-state index < -0.39 is 15.8 Å². The number of nitrogens with one attached hydrogen (secondary N) is 1. The van der Waals surface area contributed by atoms with E-state index in [0.29, 0.717) is 5.92 Å². The molecule has 1 saturated carbocycles. The largest absolute Gasteiger partial charge is 0.240 e. The molecule has 0 aliphatic heterocycles. The van der Waals surface area contributed by atoms with Gasteiger partial charge in [0.2, 0.25) is 10.0 Å². The van der Waals surface area contributed by atoms with E-state index in [4.69, 9.17) is 5.26 Å². The number of nitriles is 1. The molecule has 1 aliphatic carbocycles. The van der Waals surface area contributed by atoms with Crippen molar-refractivity contribution in [2.24, 2.45) is 5.92 Å². The molecule has 0 aromatic heterocycles. The molecule has 1 N–H and O–H groups in total. The normalized spacial score (nSPS) is 17.9. The first-order valence-electron chi connectivity index (χ1n) is 6.66. The smallest absolute Gasteiger partial charge is 0.208 e. The van der Waals surface area contributed by atoms with Crippen LogP contribution in [0.25, 0.3) is 0 Å². The Balaban J connectivity index is 2.20. The summed E-state index contributed by atoms with van der Waals surface area (Å²) >= 11 is 0. The highest BCUT2D eigenvalue weighted by Crippen LogP contribution is 2.28. The fourth-order valence-corrected chi connectivity index (χ4v) is 3.96. The molecule has 108 valence electrons. The Morgan fingerprint density at radius 1 is 1.40 bits per heavy atom. The van der Waals surface area contributed by atoms with Gasteiger partial charge >= 0.3 is 0 Å². The van der Waals surface area contributed by atoms with E-state index >= 15 is 0 Å². The number of halogens is 1. The molecule has 0 bridgehead atoms. The quantitative estimate of drug-likeness (QED) is 0.928. The Morgan fingerprint density at radius 3 is 2.65 bits per heavy atom. The summed E-state index contributed by atoms with van der Waals surface area (Å²) in [6.45, 7) is 1.85. The molecule has 4 nitrogen and oxygen atoms in total. The van der Waals surface area contributed by atoms with Crippen molar-refractivity contribution in [3.8, 4) is 6.07 Å². The molecular formula is C14H17FN2O2S. The molecule has 20 heavy (non-hydrogen) atoms. The second-order valence-electron chi connectivity index (χ2n) is 5.21. The molecule has 0 spiro atoms. The minimum absolute atomic E-state index is 0.0692. The van der Waals surface area contributed by atoms with Gasteiger partial charge in [-0.25, -0.2) is 17.5 Å². The summed E-state index contributed by atoms with van der Waals surface area (Å²) in [7, 11) is -3.71. The first-order chi connectivity index (χ1) is 9.44. The summed E-state index contributed by atoms with van der Waals surface area (Å²) < 4.78 is 40.3. The van der Waals surface area contributed by atoms with Gasteiger partial charge in [-0.1, -0.05) is 12.8 Å². The van der Waals surface area contributed by atoms with Crippen molar-refractivity contribution in [3.05, 3.63) is 29.6 Å². The molecule has 1 aliphatic rings. The maximum atomic E-state index is 13.2. The Bertz CT molecular complexity index is 631. The number of benzene rings is 1. The summed E-state index contributed by atoms with van der Waals surface area (Å²) in [6.07, 6.45) is 4.31. The van der Waals surface area contributed by atoms with Crippen LogP contribution >= 0.6 is 0 Å². The molecule has 1 aromatic rings. The van der Waals surface area contributed by atoms with Crippen LogP contribution in [0, 0.1) is 23.1 Å². The zero-order valence-electron chi connectivity index (χ0n) is 11.3. The average Bonchev–Trinajstić information content (AvgIpc) is 2.92. The summed E-state index contributed by atoms with van der Waals surface area (Å²) in [5, 5.41) is 8.76. The molecule has 0 heterocycles. The maximum absolute atomic E-state index is 13.2. The van der Waals surface area contributed by atoms with Crippen molar-refractivity contribution in [1.82, 2.24) is 4.72 Å². The highest BCUT2D eigenvalue weighted by molar-refractivity contribution is 7.89. The molecule has 1 atom stereocenters. The van der Waals surface area contributed by atoms with Crippen molar-refractivity contribution in [2.45, 2.75) is 43.5 Å². The molecule has 0 amide bonds. The van der Waals surface area contributed by atoms with Crippen molar-refractivity contribution < 1.29 is 12.8 Å². The van der Waals surface area contributed by atoms with Crippen LogP contribution in [0.15, 0.2) is 23.1 Å². The highest BCUT2D eigenvalue weighted by Gasteiger charge is 2.26. The predicted octanol–water partition coefficient (Wildman–Crippen LogP) is 2.55. The molecular weight excluding hydrogens is 279 g/mol. The molecule has 0 saturated heterocycles. The van der Waals surface area contributed by atoms with Crippen molar-refractivity contribution in [3.63, 3.8) is 0 Å². The SMILES string of the molecule is CC(NS(=O)(=O)c1ccc(F)c(C#N)c1)C1CCCC1. The lowest BCUT2D eigenvalue weighted by Gasteiger charge is -2.20. The van der Waals surface area contributed by atoms with E-state index in [9.17, 15) is 12.8 Å². The van der Waals surface area contributed by atoms with Gasteiger partial charge in [0.15, 0.2) is 0 Å². The lowest BCUT2D eigenvalue weighted by Crippen LogP contribution is -2.37. The summed E-state index contributed by atoms with van der Waals surface area (Å²) in [6, 6.07) is 4.75. The maximum Gasteiger partial charge on any atom is 0.240 e. The molecule has 6 heteroatoms. The minimum Gasteiger partial charge on any atom is -0.208 e. The summed E-state index contributed by atoms with van der Waals surface area (Å²) in [5.41, 5.74) is -0.263. The third kappa shape index (κ3) is 3.17. The lowest BCUT2D eigenvalue weighted by atomic mass is 10.0. The van der Waals surface area contributed by atoms with E-state index in [1.807, 2.05) is 6.92 Å². The van der Waals surface area contributed by atoms with E-state index in [2.05, 4.69) is 4.72 Å². The van der Waals surface area contributed by atoms with Gasteiger partial charge in [-0.15, -0.1) is 0 Å². The standard InChI is InChI=1S/C14H17FN2O2S/c1-10(11-4-2-3-5-11)17-20(18,19)13-6-7-14(15)12(8-13)9-16/h6-8,10-11,17H,2-5H2,1H3. The minimum atomic E-state index is -3.71. The fraction of sp³-hybridized carbons (Fsp3) is 0.500. The van der Waals surface area contributed by atoms with Gasteiger partial charge in [0, 0.05) is 6.04 Å². The summed E-state index contributed by atoms with van der Waals surface area (Å²) in [4.78, 5) is -0.0692. The van der Waals surface area contributed by atoms with Gasteiger partial charge in [0.1, 0.15) is 11.9 Å². The van der Waals surface area contributed by atoms with Gasteiger partial charge in [0.25, 0.3) is 0 Å². The van der Waals surface area contributed by atoms with E-state index in [1.54, 1.807) is 6.07 Å². The Morgan fingerprint density at radius 2 is 2.05 bits per heavy atom. The van der Waals surface area contributed by atoms with Crippen LogP contribution in [0.3, 0.4) is 0 Å². The predicted molar refractivity (Wildman–Crippen MR) is 72.9 cm³/mol. The Hall–Kier alpha value is -1.45. The van der Waals surface area contributed by atoms with E-state index in [-0.39, 0.29) is 16.5 Å². The molecule has 1 aromatic carbocycles. The van der Waals surface area contributed by atoms with Crippen LogP contribution < -0.4 is 4.72 Å². The van der Waals surface area contributed by atoms with Crippen LogP contribution in [0.2, 0.25) is 0 Å². The average molecular weight is 296 g/mol. The van der Waals surface area contributed by atoms with Gasteiger partial charge in [-0.05, 0) is 43.9 Å². The number of nitrogens with zero attached hydrogens (tertiary/aromatic N) is 1. The highest BCUT2D eigenvalue weighted by atomic mass is 32.2. The van der Waals surface area contributed by atoms with Crippen molar-refractivity contribution >= 4 is 10.0 Å².